The monoisotopic (exact) mass is 212 g/mol. The molecule has 0 saturated heterocycles. The number of carbonyl (C=O) groups excluding carboxylic acids is 1. The average Bonchev–Trinajstić information content (AvgIpc) is 2.20. The molecule has 78 valence electrons. The molecular weight excluding hydrogens is 196 g/mol. The Morgan fingerprint density at radius 2 is 1.93 bits per heavy atom. The number of thiol groups is 1. The van der Waals surface area contributed by atoms with Crippen molar-refractivity contribution in [3.05, 3.63) is 35.9 Å². The topological polar surface area (TPSA) is 26.3 Å². The molecule has 0 atom stereocenters. The van der Waals surface area contributed by atoms with Crippen LogP contribution in [0.1, 0.15) is 12.5 Å². The second-order valence-corrected chi connectivity index (χ2v) is 2.93. The summed E-state index contributed by atoms with van der Waals surface area (Å²) < 4.78 is 4.48. The summed E-state index contributed by atoms with van der Waals surface area (Å²) in [5.41, 5.74) is 1.32. The van der Waals surface area contributed by atoms with Gasteiger partial charge in [-0.3, -0.25) is 4.79 Å². The van der Waals surface area contributed by atoms with Gasteiger partial charge in [0.05, 0.1) is 12.4 Å². The van der Waals surface area contributed by atoms with Gasteiger partial charge in [0.2, 0.25) is 0 Å². The van der Waals surface area contributed by atoms with Crippen LogP contribution >= 0.6 is 12.6 Å². The molecule has 0 aliphatic carbocycles. The zero-order valence-corrected chi connectivity index (χ0v) is 9.46. The highest BCUT2D eigenvalue weighted by atomic mass is 32.1. The van der Waals surface area contributed by atoms with Crippen LogP contribution in [0, 0.1) is 6.92 Å². The minimum absolute atomic E-state index is 0.174. The van der Waals surface area contributed by atoms with Gasteiger partial charge in [0.15, 0.2) is 0 Å². The molecule has 0 heterocycles. The van der Waals surface area contributed by atoms with Crippen LogP contribution < -0.4 is 0 Å². The van der Waals surface area contributed by atoms with Crippen LogP contribution in [0.3, 0.4) is 0 Å². The maximum Gasteiger partial charge on any atom is 0.315 e. The van der Waals surface area contributed by atoms with Crippen LogP contribution in [0.25, 0.3) is 0 Å². The zero-order chi connectivity index (χ0) is 10.8. The highest BCUT2D eigenvalue weighted by Gasteiger charge is 1.91. The largest absolute Gasteiger partial charge is 0.465 e. The van der Waals surface area contributed by atoms with E-state index in [1.54, 1.807) is 6.92 Å². The standard InChI is InChI=1S/C7H8.C4H8O2S/c1-7-5-3-2-4-6-7;1-2-6-4(5)3-7/h2-6H,1H3;7H,2-3H2,1H3. The first-order chi connectivity index (χ1) is 6.70. The third kappa shape index (κ3) is 7.68. The lowest BCUT2D eigenvalue weighted by molar-refractivity contribution is -0.139. The molecule has 0 aromatic heterocycles. The molecule has 14 heavy (non-hydrogen) atoms. The van der Waals surface area contributed by atoms with Crippen molar-refractivity contribution in [1.82, 2.24) is 0 Å². The lowest BCUT2D eigenvalue weighted by Crippen LogP contribution is -2.03. The highest BCUT2D eigenvalue weighted by molar-refractivity contribution is 7.81. The Labute approximate surface area is 90.7 Å². The number of esters is 1. The molecule has 0 radical (unpaired) electrons. The maximum atomic E-state index is 10.1. The predicted molar refractivity (Wildman–Crippen MR) is 61.7 cm³/mol. The van der Waals surface area contributed by atoms with Crippen LogP contribution in [0.4, 0.5) is 0 Å². The van der Waals surface area contributed by atoms with E-state index in [2.05, 4.69) is 36.4 Å². The van der Waals surface area contributed by atoms with Gasteiger partial charge in [-0.15, -0.1) is 0 Å². The molecule has 0 aliphatic heterocycles. The van der Waals surface area contributed by atoms with E-state index in [0.717, 1.165) is 0 Å². The van der Waals surface area contributed by atoms with E-state index >= 15 is 0 Å². The van der Waals surface area contributed by atoms with Crippen molar-refractivity contribution in [2.45, 2.75) is 13.8 Å². The minimum atomic E-state index is -0.258. The van der Waals surface area contributed by atoms with Gasteiger partial charge in [0.25, 0.3) is 0 Å². The molecule has 1 rings (SSSR count). The Bertz CT molecular complexity index is 247. The molecular formula is C11H16O2S. The summed E-state index contributed by atoms with van der Waals surface area (Å²) in [6, 6.07) is 10.3. The van der Waals surface area contributed by atoms with E-state index in [1.165, 1.54) is 5.56 Å². The fourth-order valence-electron chi connectivity index (χ4n) is 0.741. The van der Waals surface area contributed by atoms with E-state index in [9.17, 15) is 4.79 Å². The molecule has 0 bridgehead atoms. The van der Waals surface area contributed by atoms with Gasteiger partial charge in [-0.05, 0) is 13.8 Å². The van der Waals surface area contributed by atoms with Crippen molar-refractivity contribution in [3.8, 4) is 0 Å². The molecule has 0 saturated carbocycles. The second-order valence-electron chi connectivity index (χ2n) is 2.62. The van der Waals surface area contributed by atoms with Crippen molar-refractivity contribution in [2.24, 2.45) is 0 Å². The summed E-state index contributed by atoms with van der Waals surface area (Å²) in [4.78, 5) is 10.1. The molecule has 0 fully saturated rings. The van der Waals surface area contributed by atoms with E-state index in [1.807, 2.05) is 18.2 Å². The summed E-state index contributed by atoms with van der Waals surface area (Å²) >= 11 is 3.67. The summed E-state index contributed by atoms with van der Waals surface area (Å²) in [6.07, 6.45) is 0. The van der Waals surface area contributed by atoms with E-state index in [-0.39, 0.29) is 11.7 Å². The van der Waals surface area contributed by atoms with Gasteiger partial charge in [-0.1, -0.05) is 35.9 Å². The number of carbonyl (C=O) groups is 1. The molecule has 0 spiro atoms. The minimum Gasteiger partial charge on any atom is -0.465 e. The number of hydrogen-bond donors (Lipinski definition) is 1. The van der Waals surface area contributed by atoms with Gasteiger partial charge in [0.1, 0.15) is 0 Å². The number of aryl methyl sites for hydroxylation is 1. The van der Waals surface area contributed by atoms with Gasteiger partial charge in [-0.25, -0.2) is 0 Å². The number of rotatable bonds is 2. The lowest BCUT2D eigenvalue weighted by Gasteiger charge is -1.93. The first-order valence-electron chi connectivity index (χ1n) is 4.48. The summed E-state index contributed by atoms with van der Waals surface area (Å²) in [5, 5.41) is 0. The maximum absolute atomic E-state index is 10.1. The Balaban J connectivity index is 0.000000241. The summed E-state index contributed by atoms with van der Waals surface area (Å²) in [6.45, 7) is 4.29. The molecule has 3 heteroatoms. The molecule has 1 aromatic rings. The average molecular weight is 212 g/mol. The molecule has 1 aromatic carbocycles. The predicted octanol–water partition coefficient (Wildman–Crippen LogP) is 2.47. The van der Waals surface area contributed by atoms with Crippen LogP contribution in [0.5, 0.6) is 0 Å². The fraction of sp³-hybridized carbons (Fsp3) is 0.364. The summed E-state index contributed by atoms with van der Waals surface area (Å²) in [5.74, 6) is -0.0840. The quantitative estimate of drug-likeness (QED) is 0.602. The van der Waals surface area contributed by atoms with Crippen LogP contribution in [0.2, 0.25) is 0 Å². The van der Waals surface area contributed by atoms with Crippen LogP contribution in [-0.4, -0.2) is 18.3 Å². The number of hydrogen-bond acceptors (Lipinski definition) is 3. The molecule has 0 aliphatic rings. The lowest BCUT2D eigenvalue weighted by atomic mass is 10.2. The Kier molecular flexibility index (Phi) is 8.04. The fourth-order valence-corrected chi connectivity index (χ4v) is 0.832. The van der Waals surface area contributed by atoms with Crippen molar-refractivity contribution in [3.63, 3.8) is 0 Å². The normalized spacial score (nSPS) is 8.50. The third-order valence-electron chi connectivity index (χ3n) is 1.37. The zero-order valence-electron chi connectivity index (χ0n) is 8.56. The summed E-state index contributed by atoms with van der Waals surface area (Å²) in [7, 11) is 0. The Hall–Kier alpha value is -0.960. The number of benzene rings is 1. The van der Waals surface area contributed by atoms with Gasteiger partial charge in [0, 0.05) is 0 Å². The van der Waals surface area contributed by atoms with E-state index < -0.39 is 0 Å². The van der Waals surface area contributed by atoms with Gasteiger partial charge < -0.3 is 4.74 Å². The third-order valence-corrected chi connectivity index (χ3v) is 1.63. The molecule has 0 N–H and O–H groups in total. The first-order valence-corrected chi connectivity index (χ1v) is 5.12. The number of ether oxygens (including phenoxy) is 1. The van der Waals surface area contributed by atoms with E-state index in [0.29, 0.717) is 6.61 Å². The van der Waals surface area contributed by atoms with E-state index in [4.69, 9.17) is 0 Å². The van der Waals surface area contributed by atoms with Crippen molar-refractivity contribution in [1.29, 1.82) is 0 Å². The smallest absolute Gasteiger partial charge is 0.315 e. The van der Waals surface area contributed by atoms with Crippen LogP contribution in [0.15, 0.2) is 30.3 Å². The first kappa shape index (κ1) is 13.0. The SMILES string of the molecule is CCOC(=O)CS.Cc1ccccc1. The molecule has 0 amide bonds. The Morgan fingerprint density at radius 3 is 2.14 bits per heavy atom. The van der Waals surface area contributed by atoms with Crippen molar-refractivity contribution >= 4 is 18.6 Å². The van der Waals surface area contributed by atoms with Gasteiger partial charge >= 0.3 is 5.97 Å². The Morgan fingerprint density at radius 1 is 1.36 bits per heavy atom. The van der Waals surface area contributed by atoms with Crippen molar-refractivity contribution < 1.29 is 9.53 Å². The van der Waals surface area contributed by atoms with Gasteiger partial charge in [-0.2, -0.15) is 12.6 Å². The molecule has 0 unspecified atom stereocenters. The van der Waals surface area contributed by atoms with Crippen molar-refractivity contribution in [2.75, 3.05) is 12.4 Å². The highest BCUT2D eigenvalue weighted by Crippen LogP contribution is 1.92. The second kappa shape index (κ2) is 8.63. The molecule has 2 nitrogen and oxygen atoms in total. The van der Waals surface area contributed by atoms with Crippen LogP contribution in [-0.2, 0) is 9.53 Å².